The summed E-state index contributed by atoms with van der Waals surface area (Å²) < 4.78 is 5.96. The van der Waals surface area contributed by atoms with E-state index < -0.39 is 5.60 Å². The van der Waals surface area contributed by atoms with E-state index in [1.807, 2.05) is 46.1 Å². The number of ether oxygens (including phenoxy) is 1. The summed E-state index contributed by atoms with van der Waals surface area (Å²) in [4.78, 5) is 16.0. The quantitative estimate of drug-likeness (QED) is 0.931. The van der Waals surface area contributed by atoms with Crippen LogP contribution in [0, 0.1) is 0 Å². The highest BCUT2D eigenvalue weighted by molar-refractivity contribution is 5.91. The molecule has 124 valence electrons. The van der Waals surface area contributed by atoms with Gasteiger partial charge in [-0.25, -0.2) is 0 Å². The molecule has 0 spiro atoms. The van der Waals surface area contributed by atoms with E-state index in [9.17, 15) is 9.90 Å². The molecule has 1 N–H and O–H groups in total. The topological polar surface area (TPSA) is 53.0 Å². The molecular weight excluding hydrogens is 292 g/mol. The summed E-state index contributed by atoms with van der Waals surface area (Å²) in [7, 11) is 4.02. The molecule has 0 unspecified atom stereocenters. The van der Waals surface area contributed by atoms with Crippen LogP contribution in [-0.4, -0.2) is 47.1 Å². The van der Waals surface area contributed by atoms with Gasteiger partial charge < -0.3 is 19.6 Å². The molecule has 1 fully saturated rings. The van der Waals surface area contributed by atoms with Gasteiger partial charge in [0, 0.05) is 25.1 Å². The highest BCUT2D eigenvalue weighted by Gasteiger charge is 2.40. The zero-order valence-electron chi connectivity index (χ0n) is 14.2. The maximum Gasteiger partial charge on any atom is 0.227 e. The average Bonchev–Trinajstić information content (AvgIpc) is 2.86. The van der Waals surface area contributed by atoms with Crippen molar-refractivity contribution in [3.05, 3.63) is 35.1 Å². The lowest BCUT2D eigenvalue weighted by atomic mass is 9.94. The highest BCUT2D eigenvalue weighted by atomic mass is 16.5. The van der Waals surface area contributed by atoms with Crippen molar-refractivity contribution in [2.45, 2.75) is 38.8 Å². The minimum absolute atomic E-state index is 0.0632. The fourth-order valence-electron chi connectivity index (χ4n) is 3.21. The highest BCUT2D eigenvalue weighted by Crippen LogP contribution is 2.42. The molecule has 3 rings (SSSR count). The number of fused-ring (bicyclic) bond motifs is 1. The Labute approximate surface area is 137 Å². The first-order valence-electron chi connectivity index (χ1n) is 8.01. The SMILES string of the molecule is CN(C)Cc1ccc2c(c1)C(N1CCCC1=O)=C(O)C(C)(C)O2. The average molecular weight is 316 g/mol. The first-order chi connectivity index (χ1) is 10.8. The Morgan fingerprint density at radius 1 is 1.35 bits per heavy atom. The normalized spacial score (nSPS) is 20.0. The molecule has 0 aromatic heterocycles. The Bertz CT molecular complexity index is 677. The van der Waals surface area contributed by atoms with E-state index in [-0.39, 0.29) is 11.7 Å². The zero-order chi connectivity index (χ0) is 16.8. The number of nitrogens with zero attached hydrogens (tertiary/aromatic N) is 2. The van der Waals surface area contributed by atoms with Crippen LogP contribution in [0.1, 0.15) is 37.8 Å². The van der Waals surface area contributed by atoms with Crippen LogP contribution < -0.4 is 4.74 Å². The minimum Gasteiger partial charge on any atom is -0.506 e. The molecule has 0 saturated carbocycles. The van der Waals surface area contributed by atoms with Gasteiger partial charge in [-0.2, -0.15) is 0 Å². The fourth-order valence-corrected chi connectivity index (χ4v) is 3.21. The monoisotopic (exact) mass is 316 g/mol. The van der Waals surface area contributed by atoms with Crippen molar-refractivity contribution >= 4 is 11.6 Å². The Kier molecular flexibility index (Phi) is 3.84. The molecule has 2 aliphatic rings. The molecule has 0 atom stereocenters. The molecule has 5 heteroatoms. The standard InChI is InChI=1S/C18H24N2O3/c1-18(2)17(22)16(20-9-5-6-15(20)21)13-10-12(11-19(3)4)7-8-14(13)23-18/h7-8,10,22H,5-6,9,11H2,1-4H3. The summed E-state index contributed by atoms with van der Waals surface area (Å²) in [6, 6.07) is 5.98. The molecule has 0 aliphatic carbocycles. The Morgan fingerprint density at radius 3 is 2.70 bits per heavy atom. The lowest BCUT2D eigenvalue weighted by Crippen LogP contribution is -2.39. The third kappa shape index (κ3) is 2.81. The summed E-state index contributed by atoms with van der Waals surface area (Å²) in [6.45, 7) is 5.07. The van der Waals surface area contributed by atoms with Gasteiger partial charge in [-0.3, -0.25) is 4.79 Å². The van der Waals surface area contributed by atoms with Crippen molar-refractivity contribution in [1.82, 2.24) is 9.80 Å². The molecule has 1 saturated heterocycles. The van der Waals surface area contributed by atoms with Gasteiger partial charge in [0.15, 0.2) is 11.4 Å². The van der Waals surface area contributed by atoms with Crippen molar-refractivity contribution in [3.63, 3.8) is 0 Å². The zero-order valence-corrected chi connectivity index (χ0v) is 14.2. The lowest BCUT2D eigenvalue weighted by molar-refractivity contribution is -0.125. The summed E-state index contributed by atoms with van der Waals surface area (Å²) >= 11 is 0. The summed E-state index contributed by atoms with van der Waals surface area (Å²) in [5, 5.41) is 10.7. The van der Waals surface area contributed by atoms with Crippen molar-refractivity contribution in [1.29, 1.82) is 0 Å². The molecule has 0 bridgehead atoms. The van der Waals surface area contributed by atoms with Gasteiger partial charge in [-0.1, -0.05) is 6.07 Å². The van der Waals surface area contributed by atoms with Crippen LogP contribution in [0.2, 0.25) is 0 Å². The predicted molar refractivity (Wildman–Crippen MR) is 89.0 cm³/mol. The second kappa shape index (κ2) is 5.57. The number of benzene rings is 1. The van der Waals surface area contributed by atoms with Gasteiger partial charge in [0.25, 0.3) is 0 Å². The summed E-state index contributed by atoms with van der Waals surface area (Å²) in [5.41, 5.74) is 1.69. The van der Waals surface area contributed by atoms with E-state index in [1.54, 1.807) is 4.90 Å². The smallest absolute Gasteiger partial charge is 0.227 e. The molecule has 0 radical (unpaired) electrons. The molecule has 2 aliphatic heterocycles. The Hall–Kier alpha value is -2.01. The maximum atomic E-state index is 12.2. The van der Waals surface area contributed by atoms with Crippen LogP contribution in [0.15, 0.2) is 24.0 Å². The largest absolute Gasteiger partial charge is 0.506 e. The minimum atomic E-state index is -0.839. The first-order valence-corrected chi connectivity index (χ1v) is 8.01. The third-order valence-corrected chi connectivity index (χ3v) is 4.30. The van der Waals surface area contributed by atoms with Crippen molar-refractivity contribution in [2.75, 3.05) is 20.6 Å². The molecule has 1 amide bonds. The molecule has 2 heterocycles. The predicted octanol–water partition coefficient (Wildman–Crippen LogP) is 2.77. The molecule has 23 heavy (non-hydrogen) atoms. The first kappa shape index (κ1) is 15.9. The lowest BCUT2D eigenvalue weighted by Gasteiger charge is -2.36. The van der Waals surface area contributed by atoms with E-state index in [0.29, 0.717) is 24.4 Å². The van der Waals surface area contributed by atoms with Gasteiger partial charge in [0.2, 0.25) is 5.91 Å². The van der Waals surface area contributed by atoms with Crippen LogP contribution in [-0.2, 0) is 11.3 Å². The Balaban J connectivity index is 2.13. The number of hydrogen-bond acceptors (Lipinski definition) is 4. The molecule has 5 nitrogen and oxygen atoms in total. The number of carbonyl (C=O) groups excluding carboxylic acids is 1. The van der Waals surface area contributed by atoms with E-state index in [2.05, 4.69) is 4.90 Å². The van der Waals surface area contributed by atoms with Crippen LogP contribution in [0.3, 0.4) is 0 Å². The van der Waals surface area contributed by atoms with E-state index in [1.165, 1.54) is 0 Å². The molecular formula is C18H24N2O3. The number of aliphatic hydroxyl groups is 1. The van der Waals surface area contributed by atoms with Crippen LogP contribution in [0.4, 0.5) is 0 Å². The van der Waals surface area contributed by atoms with Crippen LogP contribution in [0.5, 0.6) is 5.75 Å². The molecule has 1 aromatic rings. The number of carbonyl (C=O) groups is 1. The van der Waals surface area contributed by atoms with Crippen molar-refractivity contribution in [2.24, 2.45) is 0 Å². The van der Waals surface area contributed by atoms with E-state index in [4.69, 9.17) is 4.74 Å². The fraction of sp³-hybridized carbons (Fsp3) is 0.500. The molecule has 1 aromatic carbocycles. The number of aliphatic hydroxyl groups excluding tert-OH is 1. The van der Waals surface area contributed by atoms with E-state index >= 15 is 0 Å². The van der Waals surface area contributed by atoms with E-state index in [0.717, 1.165) is 24.1 Å². The number of hydrogen-bond donors (Lipinski definition) is 1. The van der Waals surface area contributed by atoms with Gasteiger partial charge >= 0.3 is 0 Å². The van der Waals surface area contributed by atoms with Gasteiger partial charge in [0.05, 0.1) is 5.70 Å². The number of rotatable bonds is 3. The second-order valence-corrected chi connectivity index (χ2v) is 7.03. The number of amides is 1. The van der Waals surface area contributed by atoms with Gasteiger partial charge in [-0.05, 0) is 52.1 Å². The van der Waals surface area contributed by atoms with Crippen LogP contribution in [0.25, 0.3) is 5.70 Å². The second-order valence-electron chi connectivity index (χ2n) is 7.03. The summed E-state index contributed by atoms with van der Waals surface area (Å²) in [6.07, 6.45) is 1.36. The Morgan fingerprint density at radius 2 is 2.09 bits per heavy atom. The van der Waals surface area contributed by atoms with Gasteiger partial charge in [-0.15, -0.1) is 0 Å². The van der Waals surface area contributed by atoms with Crippen molar-refractivity contribution in [3.8, 4) is 5.75 Å². The third-order valence-electron chi connectivity index (χ3n) is 4.30. The number of likely N-dealkylation sites (tertiary alicyclic amines) is 1. The summed E-state index contributed by atoms with van der Waals surface area (Å²) in [5.74, 6) is 0.903. The van der Waals surface area contributed by atoms with Crippen LogP contribution >= 0.6 is 0 Å². The van der Waals surface area contributed by atoms with Gasteiger partial charge in [0.1, 0.15) is 5.75 Å². The van der Waals surface area contributed by atoms with Crippen molar-refractivity contribution < 1.29 is 14.6 Å². The maximum absolute atomic E-state index is 12.2.